The molecule has 6 N–H and O–H groups in total. The van der Waals surface area contributed by atoms with Gasteiger partial charge in [-0.2, -0.15) is 43.2 Å². The smallest absolute Gasteiger partial charge is 0.394 e. The SMILES string of the molecule is O=C(O)c1ccc2c(c1)C(=O)N(OS(=O)(=O)C(F)(F)CO)C2=O.O=C1c2ccc(CO)cc2C(=O)N1OS(=O)(=O)C(F)(F)CO.O=COc1ccc2c(c1)C(=O)N(O)C2=O.O=COc1ccc2c(c1)C(=O)OC2=O.O=S(=O)(Cl)C(F)(F)CO. The Morgan fingerprint density at radius 2 is 0.880 bits per heavy atom. The molecule has 4 heterocycles. The van der Waals surface area contributed by atoms with E-state index in [0.717, 1.165) is 30.3 Å². The number of nitrogens with zero attached hydrogens (tertiary/aromatic N) is 3. The lowest BCUT2D eigenvalue weighted by atomic mass is 10.1. The van der Waals surface area contributed by atoms with Crippen LogP contribution in [-0.2, 0) is 58.8 Å². The van der Waals surface area contributed by atoms with Crippen LogP contribution in [0.3, 0.4) is 0 Å². The van der Waals surface area contributed by atoms with Crippen molar-refractivity contribution in [2.24, 2.45) is 0 Å². The van der Waals surface area contributed by atoms with Crippen molar-refractivity contribution >= 4 is 106 Å². The number of carboxylic acid groups (broad SMARTS) is 1. The zero-order valence-electron chi connectivity index (χ0n) is 39.8. The largest absolute Gasteiger partial charge is 0.478 e. The molecule has 0 aliphatic carbocycles. The number of carbonyl (C=O) groups is 11. The molecular formula is C42H28ClF6N3O28S3. The van der Waals surface area contributed by atoms with Crippen LogP contribution in [0.1, 0.15) is 98.8 Å². The highest BCUT2D eigenvalue weighted by Gasteiger charge is 2.52. The fourth-order valence-corrected chi connectivity index (χ4v) is 7.42. The van der Waals surface area contributed by atoms with Crippen molar-refractivity contribution in [3.8, 4) is 11.5 Å². The molecule has 0 unspecified atom stereocenters. The molecule has 0 spiro atoms. The lowest BCUT2D eigenvalue weighted by Crippen LogP contribution is -2.41. The Bertz CT molecular complexity index is 3740. The number of halogens is 7. The molecule has 6 amide bonds. The molecule has 0 saturated carbocycles. The van der Waals surface area contributed by atoms with Crippen LogP contribution in [0.5, 0.6) is 11.5 Å². The number of aromatic carboxylic acids is 1. The summed E-state index contributed by atoms with van der Waals surface area (Å²) in [6.45, 7) is -5.99. The van der Waals surface area contributed by atoms with E-state index in [1.165, 1.54) is 42.5 Å². The van der Waals surface area contributed by atoms with Gasteiger partial charge in [-0.1, -0.05) is 6.07 Å². The summed E-state index contributed by atoms with van der Waals surface area (Å²) >= 11 is 0. The van der Waals surface area contributed by atoms with Crippen LogP contribution in [0, 0.1) is 0 Å². The van der Waals surface area contributed by atoms with E-state index in [-0.39, 0.29) is 79.1 Å². The zero-order chi connectivity index (χ0) is 63.1. The number of carbonyl (C=O) groups excluding carboxylic acids is 10. The van der Waals surface area contributed by atoms with Crippen LogP contribution in [-0.4, -0.2) is 173 Å². The fraction of sp³-hybridized carbons (Fsp3) is 0.167. The first-order chi connectivity index (χ1) is 38.3. The molecule has 4 aliphatic rings. The van der Waals surface area contributed by atoms with Crippen molar-refractivity contribution in [1.82, 2.24) is 15.2 Å². The van der Waals surface area contributed by atoms with Gasteiger partial charge in [0.15, 0.2) is 0 Å². The average Bonchev–Trinajstić information content (AvgIpc) is 4.24. The summed E-state index contributed by atoms with van der Waals surface area (Å²) in [5.74, 6) is -9.40. The van der Waals surface area contributed by atoms with Gasteiger partial charge in [0.1, 0.15) is 31.3 Å². The van der Waals surface area contributed by atoms with E-state index in [9.17, 15) is 104 Å². The van der Waals surface area contributed by atoms with E-state index in [4.69, 9.17) is 30.7 Å². The molecule has 0 aromatic heterocycles. The number of rotatable bonds is 16. The first kappa shape index (κ1) is 66.8. The fourth-order valence-electron chi connectivity index (χ4n) is 5.92. The van der Waals surface area contributed by atoms with Gasteiger partial charge in [0.25, 0.3) is 57.4 Å². The molecule has 31 nitrogen and oxygen atoms in total. The summed E-state index contributed by atoms with van der Waals surface area (Å²) in [6, 6.07) is 14.2. The zero-order valence-corrected chi connectivity index (χ0v) is 43.0. The van der Waals surface area contributed by atoms with Gasteiger partial charge < -0.3 is 39.7 Å². The second-order valence-corrected chi connectivity index (χ2v) is 21.2. The van der Waals surface area contributed by atoms with Crippen LogP contribution in [0.25, 0.3) is 0 Å². The lowest BCUT2D eigenvalue weighted by molar-refractivity contribution is -0.121. The molecule has 4 aliphatic heterocycles. The third-order valence-electron chi connectivity index (χ3n) is 10.00. The van der Waals surface area contributed by atoms with Gasteiger partial charge in [-0.05, 0) is 72.3 Å². The summed E-state index contributed by atoms with van der Waals surface area (Å²) in [4.78, 5) is 123. The number of ether oxygens (including phenoxy) is 3. The average molecular weight is 1270 g/mol. The number of benzene rings is 4. The number of imide groups is 3. The third-order valence-corrected chi connectivity index (χ3v) is 13.9. The van der Waals surface area contributed by atoms with Gasteiger partial charge in [0, 0.05) is 10.7 Å². The summed E-state index contributed by atoms with van der Waals surface area (Å²) < 4.78 is 161. The van der Waals surface area contributed by atoms with Gasteiger partial charge >= 0.3 is 53.9 Å². The number of aliphatic hydroxyl groups excluding tert-OH is 4. The van der Waals surface area contributed by atoms with Crippen molar-refractivity contribution in [1.29, 1.82) is 0 Å². The molecular weight excluding hydrogens is 1240 g/mol. The Kier molecular flexibility index (Phi) is 20.6. The summed E-state index contributed by atoms with van der Waals surface area (Å²) in [5.41, 5.74) is -1.20. The maximum atomic E-state index is 13.0. The number of hydrogen-bond acceptors (Lipinski definition) is 27. The van der Waals surface area contributed by atoms with Gasteiger partial charge in [0.05, 0.1) is 56.7 Å². The second kappa shape index (κ2) is 25.6. The van der Waals surface area contributed by atoms with E-state index in [2.05, 4.69) is 33.5 Å². The van der Waals surface area contributed by atoms with E-state index < -0.39 is 141 Å². The number of carboxylic acids is 1. The Morgan fingerprint density at radius 3 is 1.29 bits per heavy atom. The van der Waals surface area contributed by atoms with E-state index in [0.29, 0.717) is 0 Å². The molecule has 0 bridgehead atoms. The highest BCUT2D eigenvalue weighted by molar-refractivity contribution is 8.14. The van der Waals surface area contributed by atoms with Crippen LogP contribution in [0.15, 0.2) is 72.8 Å². The number of esters is 2. The highest BCUT2D eigenvalue weighted by atomic mass is 35.7. The molecule has 0 fully saturated rings. The number of cyclic esters (lactones) is 2. The van der Waals surface area contributed by atoms with E-state index in [1.54, 1.807) is 0 Å². The molecule has 0 saturated heterocycles. The molecule has 4 aromatic carbocycles. The van der Waals surface area contributed by atoms with Crippen molar-refractivity contribution in [2.45, 2.75) is 22.4 Å². The first-order valence-corrected chi connectivity index (χ1v) is 26.0. The number of hydroxylamine groups is 6. The summed E-state index contributed by atoms with van der Waals surface area (Å²) in [6.07, 6.45) is 0. The van der Waals surface area contributed by atoms with Gasteiger partial charge in [-0.25, -0.2) is 22.8 Å². The Labute approximate surface area is 460 Å². The molecule has 8 rings (SSSR count). The van der Waals surface area contributed by atoms with Crippen LogP contribution >= 0.6 is 10.7 Å². The number of amides is 6. The third kappa shape index (κ3) is 14.3. The molecule has 4 aromatic rings. The van der Waals surface area contributed by atoms with Gasteiger partial charge in [-0.15, -0.1) is 23.8 Å². The standard InChI is InChI=1S/C11H7F2NO8S.C11H9F2NO7S.C9H5NO5.C9H4O5.C2H3ClF2O3S/c12-11(13,4-15)23(20,21)22-14-8(16)6-2-1-5(10(18)19)3-7(6)9(14)17;12-11(13,5-16)22(19,20)21-14-9(17)7-2-1-6(4-15)3-8(7)10(14)18;11-4-15-5-1-2-6-7(3-5)9(13)10(14)8(6)12;10-4-13-5-1-2-6-7(3-5)9(12)14-8(6)11;3-9(7,8)2(4,5)1-6/h1-3,15H,4H2,(H,18,19);1-3,15-16H,4-5H2;1-4,14H;1-4H;6H,1H2. The minimum absolute atomic E-state index is 0.0156. The topological polar surface area (TPSA) is 467 Å². The first-order valence-electron chi connectivity index (χ1n) is 20.8. The predicted molar refractivity (Wildman–Crippen MR) is 246 cm³/mol. The van der Waals surface area contributed by atoms with E-state index in [1.807, 2.05) is 0 Å². The molecule has 41 heteroatoms. The quantitative estimate of drug-likeness (QED) is 0.0167. The second-order valence-electron chi connectivity index (χ2n) is 15.2. The summed E-state index contributed by atoms with van der Waals surface area (Å²) in [5, 5.41) is 36.8. The minimum Gasteiger partial charge on any atom is -0.478 e. The Morgan fingerprint density at radius 1 is 0.518 bits per heavy atom. The monoisotopic (exact) mass is 1270 g/mol. The maximum absolute atomic E-state index is 13.0. The van der Waals surface area contributed by atoms with E-state index >= 15 is 0 Å². The van der Waals surface area contributed by atoms with Gasteiger partial charge in [0.2, 0.25) is 0 Å². The number of alkyl halides is 6. The number of hydrogen-bond donors (Lipinski definition) is 6. The van der Waals surface area contributed by atoms with Crippen molar-refractivity contribution in [3.05, 3.63) is 128 Å². The minimum atomic E-state index is -5.82. The number of fused-ring (bicyclic) bond motifs is 4. The molecule has 0 atom stereocenters. The highest BCUT2D eigenvalue weighted by Crippen LogP contribution is 2.32. The number of aliphatic hydroxyl groups is 4. The predicted octanol–water partition coefficient (Wildman–Crippen LogP) is 0.328. The Balaban J connectivity index is 0.000000230. The van der Waals surface area contributed by atoms with Crippen LogP contribution in [0.4, 0.5) is 26.3 Å². The molecule has 0 radical (unpaired) electrons. The maximum Gasteiger partial charge on any atom is 0.394 e. The lowest BCUT2D eigenvalue weighted by Gasteiger charge is -2.17. The van der Waals surface area contributed by atoms with Gasteiger partial charge in [-0.3, -0.25) is 43.6 Å². The van der Waals surface area contributed by atoms with Crippen molar-refractivity contribution in [3.63, 3.8) is 0 Å². The van der Waals surface area contributed by atoms with Crippen molar-refractivity contribution < 1.29 is 158 Å². The Hall–Kier alpha value is -8.71. The van der Waals surface area contributed by atoms with Crippen LogP contribution in [0.2, 0.25) is 0 Å². The van der Waals surface area contributed by atoms with Crippen LogP contribution < -0.4 is 9.47 Å². The summed E-state index contributed by atoms with van der Waals surface area (Å²) in [7, 11) is -12.3. The molecule has 83 heavy (non-hydrogen) atoms. The normalized spacial score (nSPS) is 14.5. The van der Waals surface area contributed by atoms with Crippen molar-refractivity contribution in [2.75, 3.05) is 19.8 Å². The molecule has 446 valence electrons.